The van der Waals surface area contributed by atoms with Crippen LogP contribution < -0.4 is 0 Å². The monoisotopic (exact) mass is 466 g/mol. The van der Waals surface area contributed by atoms with Crippen molar-refractivity contribution in [2.45, 2.75) is 86.0 Å². The van der Waals surface area contributed by atoms with Crippen molar-refractivity contribution in [2.75, 3.05) is 0 Å². The zero-order valence-electron chi connectivity index (χ0n) is 21.7. The van der Waals surface area contributed by atoms with E-state index in [4.69, 9.17) is 0 Å². The number of hydrogen-bond acceptors (Lipinski definition) is 3. The third kappa shape index (κ3) is 3.67. The van der Waals surface area contributed by atoms with Crippen LogP contribution in [0.4, 0.5) is 0 Å². The Bertz CT molecular complexity index is 986. The molecule has 4 heteroatoms. The molecular formula is C30H42O4. The summed E-state index contributed by atoms with van der Waals surface area (Å²) in [5.74, 6) is 0.634. The number of carboxylic acid groups (broad SMARTS) is 1. The number of rotatable bonds is 6. The molecule has 0 saturated heterocycles. The third-order valence-electron chi connectivity index (χ3n) is 10.7. The molecule has 3 unspecified atom stereocenters. The van der Waals surface area contributed by atoms with Crippen LogP contribution in [0.3, 0.4) is 0 Å². The van der Waals surface area contributed by atoms with Gasteiger partial charge in [0.05, 0.1) is 5.92 Å². The quantitative estimate of drug-likeness (QED) is 0.450. The van der Waals surface area contributed by atoms with Crippen molar-refractivity contribution in [1.29, 1.82) is 0 Å². The summed E-state index contributed by atoms with van der Waals surface area (Å²) in [6.45, 7) is 19.1. The second-order valence-electron chi connectivity index (χ2n) is 12.5. The molecule has 0 heterocycles. The van der Waals surface area contributed by atoms with E-state index in [0.29, 0.717) is 42.8 Å². The number of allylic oxidation sites excluding steroid dienone is 3. The summed E-state index contributed by atoms with van der Waals surface area (Å²) in [4.78, 5) is 37.7. The number of fused-ring (bicyclic) bond motifs is 4. The zero-order chi connectivity index (χ0) is 25.2. The van der Waals surface area contributed by atoms with Crippen molar-refractivity contribution in [3.63, 3.8) is 0 Å². The second kappa shape index (κ2) is 8.60. The van der Waals surface area contributed by atoms with Gasteiger partial charge in [-0.3, -0.25) is 14.4 Å². The van der Waals surface area contributed by atoms with Gasteiger partial charge in [-0.25, -0.2) is 0 Å². The van der Waals surface area contributed by atoms with E-state index >= 15 is 0 Å². The minimum Gasteiger partial charge on any atom is -0.481 e. The Morgan fingerprint density at radius 3 is 2.53 bits per heavy atom. The van der Waals surface area contributed by atoms with Crippen LogP contribution in [-0.2, 0) is 14.4 Å². The summed E-state index contributed by atoms with van der Waals surface area (Å²) in [5, 5.41) is 9.29. The van der Waals surface area contributed by atoms with Crippen molar-refractivity contribution in [3.8, 4) is 0 Å². The van der Waals surface area contributed by atoms with Gasteiger partial charge in [0.1, 0.15) is 5.78 Å². The van der Waals surface area contributed by atoms with E-state index in [9.17, 15) is 19.5 Å². The molecule has 2 fully saturated rings. The Balaban J connectivity index is 1.61. The van der Waals surface area contributed by atoms with Gasteiger partial charge in [-0.1, -0.05) is 52.0 Å². The minimum atomic E-state index is -0.816. The Hall–Kier alpha value is -1.97. The molecule has 34 heavy (non-hydrogen) atoms. The number of hydrogen-bond donors (Lipinski definition) is 1. The molecule has 0 amide bonds. The first-order chi connectivity index (χ1) is 15.8. The summed E-state index contributed by atoms with van der Waals surface area (Å²) in [6, 6.07) is 0. The predicted octanol–water partition coefficient (Wildman–Crippen LogP) is 6.56. The van der Waals surface area contributed by atoms with Gasteiger partial charge in [-0.2, -0.15) is 0 Å². The van der Waals surface area contributed by atoms with Crippen LogP contribution in [0.25, 0.3) is 0 Å². The van der Waals surface area contributed by atoms with Crippen molar-refractivity contribution in [2.24, 2.45) is 46.3 Å². The molecule has 4 nitrogen and oxygen atoms in total. The highest BCUT2D eigenvalue weighted by Gasteiger charge is 2.60. The fourth-order valence-corrected chi connectivity index (χ4v) is 8.40. The van der Waals surface area contributed by atoms with Crippen molar-refractivity contribution in [3.05, 3.63) is 35.5 Å². The van der Waals surface area contributed by atoms with Crippen LogP contribution in [0, 0.1) is 46.3 Å². The van der Waals surface area contributed by atoms with Gasteiger partial charge >= 0.3 is 5.97 Å². The lowest BCUT2D eigenvalue weighted by Gasteiger charge is -2.55. The molecule has 0 aromatic heterocycles. The number of carbonyl (C=O) groups is 3. The SMILES string of the molecule is C=C1CC2C(C)C(=O)CC[C@]2(C)C2=C1[C@@H]1CC[C@H]([C@H](C)CCC(=C)C(C)C(=O)O)[C@@]1(C)CC2=O. The molecule has 4 rings (SSSR count). The van der Waals surface area contributed by atoms with E-state index in [-0.39, 0.29) is 28.4 Å². The summed E-state index contributed by atoms with van der Waals surface area (Å²) >= 11 is 0. The summed E-state index contributed by atoms with van der Waals surface area (Å²) in [7, 11) is 0. The molecular weight excluding hydrogens is 424 g/mol. The fraction of sp³-hybridized carbons (Fsp3) is 0.700. The van der Waals surface area contributed by atoms with Crippen LogP contribution in [0.15, 0.2) is 35.5 Å². The first-order valence-corrected chi connectivity index (χ1v) is 13.2. The van der Waals surface area contributed by atoms with E-state index in [0.717, 1.165) is 48.8 Å². The van der Waals surface area contributed by atoms with Gasteiger partial charge < -0.3 is 5.11 Å². The molecule has 8 atom stereocenters. The molecule has 0 aliphatic heterocycles. The first-order valence-electron chi connectivity index (χ1n) is 13.2. The Morgan fingerprint density at radius 2 is 1.88 bits per heavy atom. The third-order valence-corrected chi connectivity index (χ3v) is 10.7. The zero-order valence-corrected chi connectivity index (χ0v) is 21.7. The van der Waals surface area contributed by atoms with E-state index in [1.54, 1.807) is 6.92 Å². The van der Waals surface area contributed by atoms with Crippen LogP contribution in [-0.4, -0.2) is 22.6 Å². The van der Waals surface area contributed by atoms with E-state index in [1.165, 1.54) is 5.57 Å². The van der Waals surface area contributed by atoms with Crippen molar-refractivity contribution >= 4 is 17.5 Å². The molecule has 0 bridgehead atoms. The van der Waals surface area contributed by atoms with Gasteiger partial charge in [-0.05, 0) is 80.1 Å². The average molecular weight is 467 g/mol. The highest BCUT2D eigenvalue weighted by Crippen LogP contribution is 2.66. The van der Waals surface area contributed by atoms with E-state index < -0.39 is 11.9 Å². The number of carboxylic acids is 1. The van der Waals surface area contributed by atoms with Gasteiger partial charge in [0, 0.05) is 29.7 Å². The molecule has 0 aromatic rings. The van der Waals surface area contributed by atoms with Crippen molar-refractivity contribution in [1.82, 2.24) is 0 Å². The molecule has 0 spiro atoms. The molecule has 4 aliphatic carbocycles. The number of Topliss-reactive ketones (excluding diaryl/α,β-unsaturated/α-hetero) is 2. The number of aliphatic carboxylic acids is 1. The highest BCUT2D eigenvalue weighted by molar-refractivity contribution is 6.01. The van der Waals surface area contributed by atoms with Crippen LogP contribution in [0.2, 0.25) is 0 Å². The highest BCUT2D eigenvalue weighted by atomic mass is 16.4. The molecule has 0 radical (unpaired) electrons. The lowest BCUT2D eigenvalue weighted by atomic mass is 9.48. The number of carbonyl (C=O) groups excluding carboxylic acids is 2. The minimum absolute atomic E-state index is 0.0108. The maximum absolute atomic E-state index is 13.9. The molecule has 2 saturated carbocycles. The Morgan fingerprint density at radius 1 is 1.21 bits per heavy atom. The maximum atomic E-state index is 13.9. The molecule has 0 aromatic carbocycles. The smallest absolute Gasteiger partial charge is 0.310 e. The van der Waals surface area contributed by atoms with Gasteiger partial charge in [-0.15, -0.1) is 0 Å². The Kier molecular flexibility index (Phi) is 6.36. The van der Waals surface area contributed by atoms with Gasteiger partial charge in [0.25, 0.3) is 0 Å². The predicted molar refractivity (Wildman–Crippen MR) is 134 cm³/mol. The average Bonchev–Trinajstić information content (AvgIpc) is 3.11. The second-order valence-corrected chi connectivity index (χ2v) is 12.5. The van der Waals surface area contributed by atoms with Crippen LogP contribution >= 0.6 is 0 Å². The van der Waals surface area contributed by atoms with E-state index in [2.05, 4.69) is 33.9 Å². The van der Waals surface area contributed by atoms with E-state index in [1.807, 2.05) is 6.92 Å². The first kappa shape index (κ1) is 25.1. The lowest BCUT2D eigenvalue weighted by molar-refractivity contribution is -0.140. The van der Waals surface area contributed by atoms with Gasteiger partial charge in [0.15, 0.2) is 5.78 Å². The number of ketones is 2. The molecule has 4 aliphatic rings. The fourth-order valence-electron chi connectivity index (χ4n) is 8.40. The summed E-state index contributed by atoms with van der Waals surface area (Å²) in [6.07, 6.45) is 6.56. The maximum Gasteiger partial charge on any atom is 0.310 e. The summed E-state index contributed by atoms with van der Waals surface area (Å²) < 4.78 is 0. The molecule has 1 N–H and O–H groups in total. The topological polar surface area (TPSA) is 71.4 Å². The van der Waals surface area contributed by atoms with Crippen LogP contribution in [0.1, 0.15) is 86.0 Å². The van der Waals surface area contributed by atoms with Crippen LogP contribution in [0.5, 0.6) is 0 Å². The largest absolute Gasteiger partial charge is 0.481 e. The van der Waals surface area contributed by atoms with Crippen molar-refractivity contribution < 1.29 is 19.5 Å². The van der Waals surface area contributed by atoms with Gasteiger partial charge in [0.2, 0.25) is 0 Å². The standard InChI is InChI=1S/C30H42O4/c1-16(19(4)28(33)34)8-9-17(2)21-10-11-22-26-18(3)14-23-20(5)24(31)12-13-29(23,6)27(26)25(32)15-30(21,22)7/h17,19-23H,1,3,8-15H2,2,4-7H3,(H,33,34)/t17-,19?,20?,21-,22+,23?,29+,30-/m1/s1. The Labute approximate surface area is 205 Å². The lowest BCUT2D eigenvalue weighted by Crippen LogP contribution is -2.51. The summed E-state index contributed by atoms with van der Waals surface area (Å²) in [5.41, 5.74) is 3.85. The molecule has 186 valence electrons. The normalized spacial score (nSPS) is 39.3.